The highest BCUT2D eigenvalue weighted by molar-refractivity contribution is 5.91. The molecule has 1 aliphatic rings. The van der Waals surface area contributed by atoms with Gasteiger partial charge in [0.25, 0.3) is 5.91 Å². The van der Waals surface area contributed by atoms with Crippen LogP contribution in [0.2, 0.25) is 0 Å². The van der Waals surface area contributed by atoms with E-state index in [0.717, 1.165) is 0 Å². The molecule has 1 fully saturated rings. The lowest BCUT2D eigenvalue weighted by atomic mass is 10.3. The largest absolute Gasteiger partial charge is 0.354 e. The maximum absolute atomic E-state index is 11.8. The number of amides is 2. The lowest BCUT2D eigenvalue weighted by molar-refractivity contribution is -0.120. The van der Waals surface area contributed by atoms with Gasteiger partial charge < -0.3 is 14.7 Å². The van der Waals surface area contributed by atoms with Gasteiger partial charge in [-0.25, -0.2) is 0 Å². The number of rotatable bonds is 1. The first-order valence-electron chi connectivity index (χ1n) is 4.74. The number of nitrogens with one attached hydrogen (secondary N) is 1. The maximum atomic E-state index is 11.8. The Bertz CT molecular complexity index is 361. The van der Waals surface area contributed by atoms with E-state index in [1.165, 1.54) is 12.3 Å². The summed E-state index contributed by atoms with van der Waals surface area (Å²) in [6, 6.07) is 1.52. The highest BCUT2D eigenvalue weighted by Gasteiger charge is 2.21. The third kappa shape index (κ3) is 2.15. The third-order valence-corrected chi connectivity index (χ3v) is 2.25. The zero-order valence-corrected chi connectivity index (χ0v) is 8.10. The van der Waals surface area contributed by atoms with Crippen LogP contribution in [-0.2, 0) is 4.79 Å². The van der Waals surface area contributed by atoms with Crippen LogP contribution in [0.1, 0.15) is 17.0 Å². The van der Waals surface area contributed by atoms with Gasteiger partial charge in [-0.3, -0.25) is 9.59 Å². The molecule has 0 atom stereocenters. The molecule has 6 nitrogen and oxygen atoms in total. The molecule has 6 heteroatoms. The molecule has 2 heterocycles. The Morgan fingerprint density at radius 3 is 3.13 bits per heavy atom. The first-order valence-corrected chi connectivity index (χ1v) is 4.74. The fourth-order valence-electron chi connectivity index (χ4n) is 1.45. The van der Waals surface area contributed by atoms with Gasteiger partial charge in [-0.2, -0.15) is 0 Å². The van der Waals surface area contributed by atoms with E-state index < -0.39 is 0 Å². The minimum absolute atomic E-state index is 0.0251. The molecule has 1 saturated heterocycles. The van der Waals surface area contributed by atoms with Crippen molar-refractivity contribution in [3.63, 3.8) is 0 Å². The molecule has 0 unspecified atom stereocenters. The molecule has 80 valence electrons. The molecule has 0 aromatic carbocycles. The second-order valence-electron chi connectivity index (χ2n) is 3.27. The zero-order chi connectivity index (χ0) is 10.7. The molecule has 0 saturated carbocycles. The van der Waals surface area contributed by atoms with Crippen LogP contribution < -0.4 is 5.32 Å². The summed E-state index contributed by atoms with van der Waals surface area (Å²) in [6.07, 6.45) is 1.76. The monoisotopic (exact) mass is 209 g/mol. The van der Waals surface area contributed by atoms with E-state index in [-0.39, 0.29) is 17.6 Å². The van der Waals surface area contributed by atoms with Crippen LogP contribution in [0.5, 0.6) is 0 Å². The topological polar surface area (TPSA) is 75.4 Å². The summed E-state index contributed by atoms with van der Waals surface area (Å²) in [7, 11) is 0. The number of hydrogen-bond acceptors (Lipinski definition) is 4. The van der Waals surface area contributed by atoms with Crippen molar-refractivity contribution in [1.29, 1.82) is 0 Å². The van der Waals surface area contributed by atoms with Gasteiger partial charge in [0.2, 0.25) is 11.7 Å². The quantitative estimate of drug-likeness (QED) is 0.685. The van der Waals surface area contributed by atoms with E-state index in [0.29, 0.717) is 26.1 Å². The van der Waals surface area contributed by atoms with Gasteiger partial charge in [0.05, 0.1) is 6.20 Å². The van der Waals surface area contributed by atoms with Crippen LogP contribution in [0.3, 0.4) is 0 Å². The minimum Gasteiger partial charge on any atom is -0.354 e. The summed E-state index contributed by atoms with van der Waals surface area (Å²) < 4.78 is 4.77. The normalized spacial score (nSPS) is 17.1. The van der Waals surface area contributed by atoms with Crippen molar-refractivity contribution in [3.05, 3.63) is 18.0 Å². The average Bonchev–Trinajstić information content (AvgIpc) is 2.67. The summed E-state index contributed by atoms with van der Waals surface area (Å²) in [5.41, 5.74) is 0. The van der Waals surface area contributed by atoms with E-state index in [2.05, 4.69) is 10.5 Å². The van der Waals surface area contributed by atoms with Crippen molar-refractivity contribution >= 4 is 11.8 Å². The highest BCUT2D eigenvalue weighted by Crippen LogP contribution is 2.05. The van der Waals surface area contributed by atoms with Crippen molar-refractivity contribution in [1.82, 2.24) is 15.4 Å². The number of nitrogens with zero attached hydrogens (tertiary/aromatic N) is 2. The van der Waals surface area contributed by atoms with Gasteiger partial charge in [0.1, 0.15) is 0 Å². The molecule has 2 amide bonds. The Balaban J connectivity index is 2.04. The van der Waals surface area contributed by atoms with Crippen LogP contribution in [0, 0.1) is 0 Å². The van der Waals surface area contributed by atoms with Crippen LogP contribution in [-0.4, -0.2) is 41.5 Å². The minimum atomic E-state index is -0.219. The van der Waals surface area contributed by atoms with Crippen molar-refractivity contribution < 1.29 is 14.1 Å². The molecule has 1 aromatic heterocycles. The van der Waals surface area contributed by atoms with Gasteiger partial charge in [0, 0.05) is 32.1 Å². The van der Waals surface area contributed by atoms with Crippen molar-refractivity contribution in [2.45, 2.75) is 6.42 Å². The second-order valence-corrected chi connectivity index (χ2v) is 3.27. The Labute approximate surface area is 86.2 Å². The molecule has 0 aliphatic carbocycles. The van der Waals surface area contributed by atoms with Gasteiger partial charge in [0.15, 0.2) is 0 Å². The molecule has 0 radical (unpaired) electrons. The highest BCUT2D eigenvalue weighted by atomic mass is 16.5. The predicted molar refractivity (Wildman–Crippen MR) is 50.0 cm³/mol. The predicted octanol–water partition coefficient (Wildman–Crippen LogP) is -0.363. The van der Waals surface area contributed by atoms with Crippen LogP contribution in [0.4, 0.5) is 0 Å². The maximum Gasteiger partial charge on any atom is 0.292 e. The summed E-state index contributed by atoms with van der Waals surface area (Å²) >= 11 is 0. The second kappa shape index (κ2) is 4.12. The Hall–Kier alpha value is -1.85. The first-order chi connectivity index (χ1) is 7.27. The molecule has 1 aliphatic heterocycles. The number of aromatic nitrogens is 1. The SMILES string of the molecule is O=C1CCN(C(=O)c2ccno2)CCN1. The van der Waals surface area contributed by atoms with E-state index in [9.17, 15) is 9.59 Å². The fraction of sp³-hybridized carbons (Fsp3) is 0.444. The summed E-state index contributed by atoms with van der Waals surface area (Å²) in [6.45, 7) is 1.41. The molecular weight excluding hydrogens is 198 g/mol. The molecular formula is C9H11N3O3. The Morgan fingerprint density at radius 1 is 1.53 bits per heavy atom. The standard InChI is InChI=1S/C9H11N3O3/c13-8-2-5-12(6-4-10-8)9(14)7-1-3-11-15-7/h1,3H,2,4-6H2,(H,10,13). The average molecular weight is 209 g/mol. The van der Waals surface area contributed by atoms with E-state index >= 15 is 0 Å². The fourth-order valence-corrected chi connectivity index (χ4v) is 1.45. The van der Waals surface area contributed by atoms with E-state index in [4.69, 9.17) is 4.52 Å². The lowest BCUT2D eigenvalue weighted by Gasteiger charge is -2.17. The third-order valence-electron chi connectivity index (χ3n) is 2.25. The molecule has 0 bridgehead atoms. The molecule has 15 heavy (non-hydrogen) atoms. The molecule has 0 spiro atoms. The van der Waals surface area contributed by atoms with Gasteiger partial charge in [-0.1, -0.05) is 5.16 Å². The number of carbonyl (C=O) groups is 2. The Kier molecular flexibility index (Phi) is 2.66. The molecule has 2 rings (SSSR count). The zero-order valence-electron chi connectivity index (χ0n) is 8.10. The van der Waals surface area contributed by atoms with Gasteiger partial charge >= 0.3 is 0 Å². The van der Waals surface area contributed by atoms with Crippen molar-refractivity contribution in [2.75, 3.05) is 19.6 Å². The van der Waals surface area contributed by atoms with Crippen molar-refractivity contribution in [3.8, 4) is 0 Å². The number of carbonyl (C=O) groups excluding carboxylic acids is 2. The summed E-state index contributed by atoms with van der Waals surface area (Å²) in [5.74, 6) is -0.0313. The van der Waals surface area contributed by atoms with Crippen LogP contribution >= 0.6 is 0 Å². The van der Waals surface area contributed by atoms with Crippen molar-refractivity contribution in [2.24, 2.45) is 0 Å². The van der Waals surface area contributed by atoms with Gasteiger partial charge in [-0.15, -0.1) is 0 Å². The smallest absolute Gasteiger partial charge is 0.292 e. The van der Waals surface area contributed by atoms with Gasteiger partial charge in [-0.05, 0) is 0 Å². The molecule has 1 N–H and O–H groups in total. The summed E-state index contributed by atoms with van der Waals surface area (Å²) in [4.78, 5) is 24.4. The van der Waals surface area contributed by atoms with E-state index in [1.54, 1.807) is 4.90 Å². The lowest BCUT2D eigenvalue weighted by Crippen LogP contribution is -2.33. The number of hydrogen-bond donors (Lipinski definition) is 1. The molecule has 1 aromatic rings. The van der Waals surface area contributed by atoms with Crippen LogP contribution in [0.25, 0.3) is 0 Å². The first kappa shape index (κ1) is 9.70. The van der Waals surface area contributed by atoms with E-state index in [1.807, 2.05) is 0 Å². The van der Waals surface area contributed by atoms with Crippen LogP contribution in [0.15, 0.2) is 16.8 Å². The summed E-state index contributed by atoms with van der Waals surface area (Å²) in [5, 5.41) is 6.17. The Morgan fingerprint density at radius 2 is 2.40 bits per heavy atom.